The Hall–Kier alpha value is -1.03. The maximum atomic E-state index is 13.9. The fraction of sp³-hybridized carbons (Fsp3) is 0.625. The van der Waals surface area contributed by atoms with E-state index < -0.39 is 17.5 Å². The average molecular weight is 285 g/mol. The Morgan fingerprint density at radius 1 is 1.10 bits per heavy atom. The largest absolute Gasteiger partial charge is 0.314 e. The molecular formula is C16H22F3N. The van der Waals surface area contributed by atoms with Crippen molar-refractivity contribution in [3.05, 3.63) is 35.1 Å². The second-order valence-electron chi connectivity index (χ2n) is 5.63. The van der Waals surface area contributed by atoms with Crippen LogP contribution in [0, 0.1) is 17.5 Å². The van der Waals surface area contributed by atoms with Crippen LogP contribution in [0.5, 0.6) is 0 Å². The zero-order valence-corrected chi connectivity index (χ0v) is 11.9. The van der Waals surface area contributed by atoms with E-state index in [1.807, 2.05) is 0 Å². The summed E-state index contributed by atoms with van der Waals surface area (Å²) in [5.41, 5.74) is 0.328. The van der Waals surface area contributed by atoms with Crippen molar-refractivity contribution in [3.63, 3.8) is 0 Å². The van der Waals surface area contributed by atoms with E-state index >= 15 is 0 Å². The standard InChI is InChI=1S/C16H22F3N/c1-2-9-20-12-6-4-3-5-11(10-12)13-7-8-14(17)16(19)15(13)18/h7-8,11-12,20H,2-6,9-10H2,1H3. The summed E-state index contributed by atoms with van der Waals surface area (Å²) < 4.78 is 40.3. The predicted molar refractivity (Wildman–Crippen MR) is 74.2 cm³/mol. The molecule has 0 saturated heterocycles. The summed E-state index contributed by atoms with van der Waals surface area (Å²) in [6.07, 6.45) is 5.87. The third kappa shape index (κ3) is 3.54. The third-order valence-corrected chi connectivity index (χ3v) is 4.11. The summed E-state index contributed by atoms with van der Waals surface area (Å²) in [5, 5.41) is 3.47. The SMILES string of the molecule is CCCNC1CCCCC(c2ccc(F)c(F)c2F)C1. The van der Waals surface area contributed by atoms with Gasteiger partial charge in [0.15, 0.2) is 17.5 Å². The number of nitrogens with one attached hydrogen (secondary N) is 1. The summed E-state index contributed by atoms with van der Waals surface area (Å²) in [4.78, 5) is 0. The van der Waals surface area contributed by atoms with Crippen LogP contribution in [-0.2, 0) is 0 Å². The molecule has 0 aliphatic heterocycles. The van der Waals surface area contributed by atoms with Crippen molar-refractivity contribution < 1.29 is 13.2 Å². The lowest BCUT2D eigenvalue weighted by molar-refractivity contribution is 0.411. The predicted octanol–water partition coefficient (Wildman–Crippen LogP) is 4.52. The molecule has 20 heavy (non-hydrogen) atoms. The van der Waals surface area contributed by atoms with Crippen LogP contribution in [0.2, 0.25) is 0 Å². The first kappa shape index (κ1) is 15.4. The van der Waals surface area contributed by atoms with E-state index in [1.165, 1.54) is 6.07 Å². The van der Waals surface area contributed by atoms with Gasteiger partial charge in [-0.15, -0.1) is 0 Å². The number of hydrogen-bond acceptors (Lipinski definition) is 1. The summed E-state index contributed by atoms with van der Waals surface area (Å²) in [6.45, 7) is 3.05. The Bertz CT molecular complexity index is 448. The minimum atomic E-state index is -1.34. The molecule has 0 bridgehead atoms. The van der Waals surface area contributed by atoms with Gasteiger partial charge in [-0.1, -0.05) is 25.8 Å². The Morgan fingerprint density at radius 2 is 1.85 bits per heavy atom. The second kappa shape index (κ2) is 7.11. The number of benzene rings is 1. The van der Waals surface area contributed by atoms with Gasteiger partial charge in [-0.05, 0) is 49.8 Å². The fourth-order valence-corrected chi connectivity index (χ4v) is 3.03. The lowest BCUT2D eigenvalue weighted by Gasteiger charge is -2.22. The molecule has 4 heteroatoms. The molecule has 1 N–H and O–H groups in total. The van der Waals surface area contributed by atoms with Crippen LogP contribution >= 0.6 is 0 Å². The molecule has 1 fully saturated rings. The zero-order chi connectivity index (χ0) is 14.5. The van der Waals surface area contributed by atoms with Gasteiger partial charge in [-0.25, -0.2) is 13.2 Å². The van der Waals surface area contributed by atoms with Crippen molar-refractivity contribution in [2.45, 2.75) is 57.4 Å². The molecule has 2 rings (SSSR count). The van der Waals surface area contributed by atoms with Gasteiger partial charge in [0.2, 0.25) is 0 Å². The monoisotopic (exact) mass is 285 g/mol. The molecule has 0 heterocycles. The Balaban J connectivity index is 2.15. The van der Waals surface area contributed by atoms with E-state index in [0.717, 1.165) is 51.1 Å². The quantitative estimate of drug-likeness (QED) is 0.633. The highest BCUT2D eigenvalue weighted by Gasteiger charge is 2.25. The Labute approximate surface area is 118 Å². The molecule has 0 spiro atoms. The molecule has 1 aromatic rings. The molecule has 2 unspecified atom stereocenters. The topological polar surface area (TPSA) is 12.0 Å². The van der Waals surface area contributed by atoms with Gasteiger partial charge < -0.3 is 5.32 Å². The summed E-state index contributed by atoms with van der Waals surface area (Å²) >= 11 is 0. The molecule has 1 saturated carbocycles. The lowest BCUT2D eigenvalue weighted by atomic mass is 9.89. The van der Waals surface area contributed by atoms with E-state index in [-0.39, 0.29) is 5.92 Å². The molecule has 1 nitrogen and oxygen atoms in total. The van der Waals surface area contributed by atoms with Gasteiger partial charge in [-0.3, -0.25) is 0 Å². The number of rotatable bonds is 4. The van der Waals surface area contributed by atoms with Gasteiger partial charge in [-0.2, -0.15) is 0 Å². The first-order valence-electron chi connectivity index (χ1n) is 7.50. The molecule has 112 valence electrons. The molecule has 0 aromatic heterocycles. The summed E-state index contributed by atoms with van der Waals surface area (Å²) in [6, 6.07) is 2.78. The van der Waals surface area contributed by atoms with E-state index in [2.05, 4.69) is 12.2 Å². The van der Waals surface area contributed by atoms with Crippen molar-refractivity contribution in [1.82, 2.24) is 5.32 Å². The molecule has 0 amide bonds. The van der Waals surface area contributed by atoms with Gasteiger partial charge in [0.05, 0.1) is 0 Å². The highest BCUT2D eigenvalue weighted by atomic mass is 19.2. The molecular weight excluding hydrogens is 263 g/mol. The van der Waals surface area contributed by atoms with Crippen LogP contribution in [0.15, 0.2) is 12.1 Å². The highest BCUT2D eigenvalue weighted by molar-refractivity contribution is 5.24. The normalized spacial score (nSPS) is 23.6. The maximum absolute atomic E-state index is 13.9. The number of halogens is 3. The van der Waals surface area contributed by atoms with Gasteiger partial charge in [0.25, 0.3) is 0 Å². The fourth-order valence-electron chi connectivity index (χ4n) is 3.03. The highest BCUT2D eigenvalue weighted by Crippen LogP contribution is 2.34. The van der Waals surface area contributed by atoms with Crippen LogP contribution in [0.1, 0.15) is 56.9 Å². The van der Waals surface area contributed by atoms with Gasteiger partial charge >= 0.3 is 0 Å². The zero-order valence-electron chi connectivity index (χ0n) is 11.9. The van der Waals surface area contributed by atoms with Gasteiger partial charge in [0, 0.05) is 6.04 Å². The second-order valence-corrected chi connectivity index (χ2v) is 5.63. The van der Waals surface area contributed by atoms with Crippen molar-refractivity contribution in [2.75, 3.05) is 6.54 Å². The Morgan fingerprint density at radius 3 is 2.60 bits per heavy atom. The first-order valence-corrected chi connectivity index (χ1v) is 7.50. The van der Waals surface area contributed by atoms with Crippen LogP contribution in [0.25, 0.3) is 0 Å². The van der Waals surface area contributed by atoms with Gasteiger partial charge in [0.1, 0.15) is 0 Å². The summed E-state index contributed by atoms with van der Waals surface area (Å²) in [5.74, 6) is -3.49. The first-order chi connectivity index (χ1) is 9.63. The van der Waals surface area contributed by atoms with Crippen LogP contribution in [0.4, 0.5) is 13.2 Å². The molecule has 0 radical (unpaired) electrons. The Kier molecular flexibility index (Phi) is 5.46. The third-order valence-electron chi connectivity index (χ3n) is 4.11. The molecule has 1 aliphatic carbocycles. The lowest BCUT2D eigenvalue weighted by Crippen LogP contribution is -2.30. The van der Waals surface area contributed by atoms with Crippen LogP contribution in [-0.4, -0.2) is 12.6 Å². The maximum Gasteiger partial charge on any atom is 0.194 e. The van der Waals surface area contributed by atoms with E-state index in [1.54, 1.807) is 0 Å². The minimum Gasteiger partial charge on any atom is -0.314 e. The van der Waals surface area contributed by atoms with Crippen molar-refractivity contribution in [2.24, 2.45) is 0 Å². The van der Waals surface area contributed by atoms with Crippen molar-refractivity contribution >= 4 is 0 Å². The van der Waals surface area contributed by atoms with E-state index in [9.17, 15) is 13.2 Å². The van der Waals surface area contributed by atoms with Crippen molar-refractivity contribution in [3.8, 4) is 0 Å². The average Bonchev–Trinajstić information content (AvgIpc) is 2.68. The molecule has 1 aliphatic rings. The minimum absolute atomic E-state index is 0.0260. The molecule has 1 aromatic carbocycles. The van der Waals surface area contributed by atoms with E-state index in [0.29, 0.717) is 11.6 Å². The summed E-state index contributed by atoms with van der Waals surface area (Å²) in [7, 11) is 0. The molecule has 2 atom stereocenters. The van der Waals surface area contributed by atoms with Crippen molar-refractivity contribution in [1.29, 1.82) is 0 Å². The smallest absolute Gasteiger partial charge is 0.194 e. The van der Waals surface area contributed by atoms with E-state index in [4.69, 9.17) is 0 Å². The van der Waals surface area contributed by atoms with Crippen LogP contribution < -0.4 is 5.32 Å². The number of hydrogen-bond donors (Lipinski definition) is 1. The van der Waals surface area contributed by atoms with Crippen LogP contribution in [0.3, 0.4) is 0 Å².